The highest BCUT2D eigenvalue weighted by Crippen LogP contribution is 2.27. The molecule has 2 heterocycles. The van der Waals surface area contributed by atoms with Gasteiger partial charge in [0.15, 0.2) is 0 Å². The second-order valence-corrected chi connectivity index (χ2v) is 6.19. The Hall–Kier alpha value is -1.41. The van der Waals surface area contributed by atoms with Gasteiger partial charge in [0, 0.05) is 19.6 Å². The fraction of sp³-hybridized carbons (Fsp3) is 0.700. The number of hydrogen-bond acceptors (Lipinski definition) is 6. The third kappa shape index (κ3) is 2.79. The van der Waals surface area contributed by atoms with E-state index in [1.54, 1.807) is 17.9 Å². The Kier molecular flexibility index (Phi) is 3.64. The molecular weight excluding hydrogens is 274 g/mol. The first-order valence-corrected chi connectivity index (χ1v) is 7.53. The van der Waals surface area contributed by atoms with Crippen molar-refractivity contribution in [3.8, 4) is 0 Å². The Balaban J connectivity index is 2.26. The highest BCUT2D eigenvalue weighted by molar-refractivity contribution is 7.86. The van der Waals surface area contributed by atoms with E-state index in [2.05, 4.69) is 5.32 Å². The Morgan fingerprint density at radius 3 is 2.63 bits per heavy atom. The van der Waals surface area contributed by atoms with Crippen LogP contribution in [0.2, 0.25) is 0 Å². The van der Waals surface area contributed by atoms with E-state index < -0.39 is 22.4 Å². The first kappa shape index (κ1) is 14.0. The molecule has 2 fully saturated rings. The van der Waals surface area contributed by atoms with Gasteiger partial charge < -0.3 is 10.2 Å². The number of hydrogen-bond donors (Lipinski definition) is 1. The quantitative estimate of drug-likeness (QED) is 0.496. The van der Waals surface area contributed by atoms with E-state index in [0.717, 1.165) is 6.26 Å². The van der Waals surface area contributed by atoms with Gasteiger partial charge in [-0.15, -0.1) is 0 Å². The highest BCUT2D eigenvalue weighted by Gasteiger charge is 2.44. The molecule has 8 nitrogen and oxygen atoms in total. The molecule has 2 aliphatic heterocycles. The van der Waals surface area contributed by atoms with E-state index >= 15 is 0 Å². The SMILES string of the molecule is CN1C[C@H](OS(C)(=O)=O)C(=C=O)[C@@H]1N1CCNC1=O. The van der Waals surface area contributed by atoms with Crippen molar-refractivity contribution in [1.82, 2.24) is 15.1 Å². The Morgan fingerprint density at radius 1 is 1.47 bits per heavy atom. The van der Waals surface area contributed by atoms with Crippen LogP contribution in [0.4, 0.5) is 4.79 Å². The first-order chi connectivity index (χ1) is 8.83. The number of carbonyl (C=O) groups excluding carboxylic acids is 2. The van der Waals surface area contributed by atoms with Gasteiger partial charge in [-0.2, -0.15) is 8.42 Å². The fourth-order valence-corrected chi connectivity index (χ4v) is 2.99. The third-order valence-corrected chi connectivity index (χ3v) is 3.67. The average Bonchev–Trinajstić information content (AvgIpc) is 2.80. The van der Waals surface area contributed by atoms with Crippen molar-refractivity contribution in [2.75, 3.05) is 32.9 Å². The van der Waals surface area contributed by atoms with Crippen molar-refractivity contribution < 1.29 is 22.2 Å². The summed E-state index contributed by atoms with van der Waals surface area (Å²) in [4.78, 5) is 25.9. The summed E-state index contributed by atoms with van der Waals surface area (Å²) < 4.78 is 27.2. The lowest BCUT2D eigenvalue weighted by Crippen LogP contribution is -2.45. The molecular formula is C10H15N3O5S. The van der Waals surface area contributed by atoms with Gasteiger partial charge in [-0.25, -0.2) is 9.59 Å². The van der Waals surface area contributed by atoms with Crippen LogP contribution in [-0.4, -0.2) is 75.4 Å². The molecule has 0 aromatic carbocycles. The molecule has 2 aliphatic rings. The van der Waals surface area contributed by atoms with Crippen LogP contribution in [0.3, 0.4) is 0 Å². The minimum atomic E-state index is -3.68. The van der Waals surface area contributed by atoms with Crippen LogP contribution in [0.1, 0.15) is 0 Å². The van der Waals surface area contributed by atoms with Crippen LogP contribution in [0.15, 0.2) is 5.57 Å². The molecule has 0 aliphatic carbocycles. The number of urea groups is 1. The van der Waals surface area contributed by atoms with E-state index in [-0.39, 0.29) is 18.1 Å². The predicted molar refractivity (Wildman–Crippen MR) is 65.4 cm³/mol. The number of amides is 2. The maximum absolute atomic E-state index is 11.6. The average molecular weight is 289 g/mol. The maximum Gasteiger partial charge on any atom is 0.319 e. The monoisotopic (exact) mass is 289 g/mol. The zero-order chi connectivity index (χ0) is 14.2. The number of nitrogens with one attached hydrogen (secondary N) is 1. The van der Waals surface area contributed by atoms with E-state index in [4.69, 9.17) is 4.18 Å². The normalized spacial score (nSPS) is 28.6. The molecule has 19 heavy (non-hydrogen) atoms. The van der Waals surface area contributed by atoms with Crippen LogP contribution in [0.5, 0.6) is 0 Å². The van der Waals surface area contributed by atoms with Gasteiger partial charge in [-0.05, 0) is 7.05 Å². The van der Waals surface area contributed by atoms with Gasteiger partial charge in [0.2, 0.25) is 0 Å². The summed E-state index contributed by atoms with van der Waals surface area (Å²) in [5.41, 5.74) is 0.130. The molecule has 2 amide bonds. The van der Waals surface area contributed by atoms with Crippen molar-refractivity contribution in [1.29, 1.82) is 0 Å². The van der Waals surface area contributed by atoms with Gasteiger partial charge in [-0.3, -0.25) is 9.08 Å². The molecule has 0 unspecified atom stereocenters. The molecule has 0 bridgehead atoms. The molecule has 1 N–H and O–H groups in total. The Morgan fingerprint density at radius 2 is 2.16 bits per heavy atom. The van der Waals surface area contributed by atoms with Gasteiger partial charge in [0.1, 0.15) is 18.2 Å². The highest BCUT2D eigenvalue weighted by atomic mass is 32.2. The zero-order valence-corrected chi connectivity index (χ0v) is 11.4. The predicted octanol–water partition coefficient (Wildman–Crippen LogP) is -1.61. The fourth-order valence-electron chi connectivity index (χ4n) is 2.40. The van der Waals surface area contributed by atoms with Crippen LogP contribution in [0, 0.1) is 0 Å². The summed E-state index contributed by atoms with van der Waals surface area (Å²) >= 11 is 0. The molecule has 2 rings (SSSR count). The largest absolute Gasteiger partial charge is 0.336 e. The summed E-state index contributed by atoms with van der Waals surface area (Å²) in [5.74, 6) is 1.73. The van der Waals surface area contributed by atoms with Gasteiger partial charge in [-0.1, -0.05) is 0 Å². The molecule has 2 saturated heterocycles. The van der Waals surface area contributed by atoms with Gasteiger partial charge in [0.05, 0.1) is 11.8 Å². The van der Waals surface area contributed by atoms with Crippen molar-refractivity contribution in [2.24, 2.45) is 0 Å². The third-order valence-electron chi connectivity index (χ3n) is 3.09. The van der Waals surface area contributed by atoms with E-state index in [9.17, 15) is 18.0 Å². The molecule has 0 spiro atoms. The van der Waals surface area contributed by atoms with Crippen molar-refractivity contribution in [3.05, 3.63) is 5.57 Å². The molecule has 2 atom stereocenters. The van der Waals surface area contributed by atoms with E-state index in [1.165, 1.54) is 4.90 Å². The Labute approximate surface area is 111 Å². The summed E-state index contributed by atoms with van der Waals surface area (Å²) in [6.45, 7) is 1.16. The van der Waals surface area contributed by atoms with Crippen LogP contribution < -0.4 is 5.32 Å². The number of rotatable bonds is 3. The van der Waals surface area contributed by atoms with Crippen molar-refractivity contribution >= 4 is 22.1 Å². The smallest absolute Gasteiger partial charge is 0.319 e. The van der Waals surface area contributed by atoms with E-state index in [1.807, 2.05) is 0 Å². The molecule has 0 aromatic rings. The lowest BCUT2D eigenvalue weighted by molar-refractivity contribution is 0.147. The topological polar surface area (TPSA) is 96.0 Å². The van der Waals surface area contributed by atoms with Crippen LogP contribution >= 0.6 is 0 Å². The summed E-state index contributed by atoms with van der Waals surface area (Å²) in [7, 11) is -1.99. The minimum absolute atomic E-state index is 0.130. The number of nitrogens with zero attached hydrogens (tertiary/aromatic N) is 2. The number of likely N-dealkylation sites (N-methyl/N-ethyl adjacent to an activating group) is 1. The first-order valence-electron chi connectivity index (χ1n) is 5.71. The van der Waals surface area contributed by atoms with Crippen LogP contribution in [0.25, 0.3) is 0 Å². The van der Waals surface area contributed by atoms with Gasteiger partial charge >= 0.3 is 6.03 Å². The summed E-state index contributed by atoms with van der Waals surface area (Å²) in [6, 6.07) is -0.287. The summed E-state index contributed by atoms with van der Waals surface area (Å²) in [5, 5.41) is 2.63. The molecule has 9 heteroatoms. The standard InChI is InChI=1S/C10H15N3O5S/c1-12-5-8(18-19(2,16)17)7(6-14)9(12)13-4-3-11-10(13)15/h8-9H,3-5H2,1-2H3,(H,11,15)/t8-,9-/m0/s1. The Bertz CT molecular complexity index is 539. The second kappa shape index (κ2) is 4.93. The van der Waals surface area contributed by atoms with Crippen molar-refractivity contribution in [2.45, 2.75) is 12.3 Å². The molecule has 0 aromatic heterocycles. The van der Waals surface area contributed by atoms with Crippen molar-refractivity contribution in [3.63, 3.8) is 0 Å². The van der Waals surface area contributed by atoms with Gasteiger partial charge in [0.25, 0.3) is 10.1 Å². The molecule has 0 radical (unpaired) electrons. The summed E-state index contributed by atoms with van der Waals surface area (Å²) in [6.07, 6.45) is -0.576. The lowest BCUT2D eigenvalue weighted by Gasteiger charge is -2.27. The van der Waals surface area contributed by atoms with Crippen LogP contribution in [-0.2, 0) is 19.1 Å². The second-order valence-electron chi connectivity index (χ2n) is 4.58. The number of carbonyl (C=O) groups is 1. The molecule has 0 saturated carbocycles. The van der Waals surface area contributed by atoms with E-state index in [0.29, 0.717) is 13.1 Å². The zero-order valence-electron chi connectivity index (χ0n) is 10.6. The lowest BCUT2D eigenvalue weighted by atomic mass is 10.2. The number of likely N-dealkylation sites (tertiary alicyclic amines) is 1. The molecule has 106 valence electrons. The maximum atomic E-state index is 11.6. The minimum Gasteiger partial charge on any atom is -0.336 e.